The number of nitrogens with two attached hydrogens (primary N) is 1. The van der Waals surface area contributed by atoms with E-state index in [0.29, 0.717) is 5.92 Å². The van der Waals surface area contributed by atoms with Gasteiger partial charge in [-0.05, 0) is 31.2 Å². The summed E-state index contributed by atoms with van der Waals surface area (Å²) >= 11 is 0. The number of ether oxygens (including phenoxy) is 1. The largest absolute Gasteiger partial charge is 0.379 e. The zero-order valence-corrected chi connectivity index (χ0v) is 14.6. The molecule has 0 saturated carbocycles. The Kier molecular flexibility index (Phi) is 5.54. The average molecular weight is 331 g/mol. The number of piperidine rings is 1. The Labute approximate surface area is 144 Å². The second kappa shape index (κ2) is 7.64. The van der Waals surface area contributed by atoms with Crippen LogP contribution in [0.4, 0.5) is 0 Å². The number of hydrogen-bond donors (Lipinski definition) is 1. The van der Waals surface area contributed by atoms with Gasteiger partial charge in [0.15, 0.2) is 0 Å². The number of rotatable bonds is 4. The van der Waals surface area contributed by atoms with E-state index < -0.39 is 5.54 Å². The predicted octanol–water partition coefficient (Wildman–Crippen LogP) is 1.43. The fraction of sp³-hybridized carbons (Fsp3) is 0.632. The quantitative estimate of drug-likeness (QED) is 0.907. The van der Waals surface area contributed by atoms with Gasteiger partial charge >= 0.3 is 0 Å². The number of nitrogens with zero attached hydrogens (tertiary/aromatic N) is 2. The van der Waals surface area contributed by atoms with Crippen molar-refractivity contribution in [1.82, 2.24) is 9.80 Å². The molecule has 2 N–H and O–H groups in total. The maximum Gasteiger partial charge on any atom is 0.246 e. The number of morpholine rings is 1. The number of carbonyl (C=O) groups excluding carboxylic acids is 1. The van der Waals surface area contributed by atoms with Gasteiger partial charge in [-0.15, -0.1) is 0 Å². The molecule has 2 unspecified atom stereocenters. The standard InChI is InChI=1S/C19H29N3O2/c1-19(20,17-7-3-2-4-8-17)18(23)22-9-5-6-16(15-22)14-21-10-12-24-13-11-21/h2-4,7-8,16H,5-6,9-15,20H2,1H3. The Morgan fingerprint density at radius 1 is 1.25 bits per heavy atom. The van der Waals surface area contributed by atoms with E-state index in [2.05, 4.69) is 4.90 Å². The number of hydrogen-bond acceptors (Lipinski definition) is 4. The Hall–Kier alpha value is -1.43. The fourth-order valence-electron chi connectivity index (χ4n) is 3.78. The molecule has 2 heterocycles. The van der Waals surface area contributed by atoms with Crippen LogP contribution in [-0.4, -0.2) is 61.6 Å². The Bertz CT molecular complexity index is 541. The van der Waals surface area contributed by atoms with Crippen LogP contribution in [0.1, 0.15) is 25.3 Å². The van der Waals surface area contributed by atoms with E-state index in [-0.39, 0.29) is 5.91 Å². The van der Waals surface area contributed by atoms with Crippen LogP contribution in [0.3, 0.4) is 0 Å². The lowest BCUT2D eigenvalue weighted by Crippen LogP contribution is -2.54. The van der Waals surface area contributed by atoms with Crippen LogP contribution >= 0.6 is 0 Å². The van der Waals surface area contributed by atoms with Crippen molar-refractivity contribution in [3.05, 3.63) is 35.9 Å². The third-order valence-corrected chi connectivity index (χ3v) is 5.24. The first-order chi connectivity index (χ1) is 11.6. The molecule has 2 aliphatic heterocycles. The molecule has 2 saturated heterocycles. The van der Waals surface area contributed by atoms with Crippen molar-refractivity contribution in [3.63, 3.8) is 0 Å². The van der Waals surface area contributed by atoms with E-state index in [1.165, 1.54) is 6.42 Å². The van der Waals surface area contributed by atoms with E-state index in [1.807, 2.05) is 42.2 Å². The molecule has 2 aliphatic rings. The summed E-state index contributed by atoms with van der Waals surface area (Å²) in [6.45, 7) is 8.17. The van der Waals surface area contributed by atoms with Crippen LogP contribution in [0.5, 0.6) is 0 Å². The third kappa shape index (κ3) is 3.97. The fourth-order valence-corrected chi connectivity index (χ4v) is 3.78. The minimum atomic E-state index is -0.956. The molecule has 5 nitrogen and oxygen atoms in total. The third-order valence-electron chi connectivity index (χ3n) is 5.24. The highest BCUT2D eigenvalue weighted by atomic mass is 16.5. The molecular formula is C19H29N3O2. The van der Waals surface area contributed by atoms with Crippen molar-refractivity contribution in [2.75, 3.05) is 45.9 Å². The predicted molar refractivity (Wildman–Crippen MR) is 94.5 cm³/mol. The molecule has 5 heteroatoms. The van der Waals surface area contributed by atoms with Crippen LogP contribution in [0.2, 0.25) is 0 Å². The molecule has 24 heavy (non-hydrogen) atoms. The Balaban J connectivity index is 1.62. The van der Waals surface area contributed by atoms with Crippen molar-refractivity contribution in [2.24, 2.45) is 11.7 Å². The van der Waals surface area contributed by atoms with Crippen LogP contribution in [0, 0.1) is 5.92 Å². The molecule has 0 bridgehead atoms. The van der Waals surface area contributed by atoms with E-state index in [9.17, 15) is 4.79 Å². The molecule has 1 amide bonds. The lowest BCUT2D eigenvalue weighted by Gasteiger charge is -2.39. The van der Waals surface area contributed by atoms with Crippen LogP contribution < -0.4 is 5.73 Å². The molecule has 2 fully saturated rings. The minimum Gasteiger partial charge on any atom is -0.379 e. The van der Waals surface area contributed by atoms with E-state index in [4.69, 9.17) is 10.5 Å². The second-order valence-corrected chi connectivity index (χ2v) is 7.24. The maximum absolute atomic E-state index is 13.0. The number of benzene rings is 1. The smallest absolute Gasteiger partial charge is 0.246 e. The van der Waals surface area contributed by atoms with Crippen molar-refractivity contribution >= 4 is 5.91 Å². The first-order valence-corrected chi connectivity index (χ1v) is 9.01. The topological polar surface area (TPSA) is 58.8 Å². The highest BCUT2D eigenvalue weighted by Crippen LogP contribution is 2.25. The summed E-state index contributed by atoms with van der Waals surface area (Å²) in [7, 11) is 0. The lowest BCUT2D eigenvalue weighted by atomic mass is 9.89. The van der Waals surface area contributed by atoms with Gasteiger partial charge in [0, 0.05) is 32.7 Å². The Morgan fingerprint density at radius 3 is 2.67 bits per heavy atom. The number of amides is 1. The van der Waals surface area contributed by atoms with Gasteiger partial charge in [-0.25, -0.2) is 0 Å². The molecule has 1 aromatic carbocycles. The van der Waals surface area contributed by atoms with Crippen molar-refractivity contribution in [1.29, 1.82) is 0 Å². The van der Waals surface area contributed by atoms with Crippen molar-refractivity contribution in [2.45, 2.75) is 25.3 Å². The van der Waals surface area contributed by atoms with Crippen LogP contribution in [0.15, 0.2) is 30.3 Å². The first-order valence-electron chi connectivity index (χ1n) is 9.01. The van der Waals surface area contributed by atoms with Gasteiger partial charge in [0.05, 0.1) is 13.2 Å². The molecule has 1 aromatic rings. The number of carbonyl (C=O) groups is 1. The summed E-state index contributed by atoms with van der Waals surface area (Å²) in [5.41, 5.74) is 6.35. The molecule has 132 valence electrons. The molecule has 0 spiro atoms. The SMILES string of the molecule is CC(N)(C(=O)N1CCCC(CN2CCOCC2)C1)c1ccccc1. The Morgan fingerprint density at radius 2 is 1.96 bits per heavy atom. The summed E-state index contributed by atoms with van der Waals surface area (Å²) in [4.78, 5) is 17.5. The van der Waals surface area contributed by atoms with Gasteiger partial charge in [0.2, 0.25) is 5.91 Å². The van der Waals surface area contributed by atoms with E-state index in [1.54, 1.807) is 0 Å². The van der Waals surface area contributed by atoms with Crippen molar-refractivity contribution in [3.8, 4) is 0 Å². The molecule has 3 rings (SSSR count). The van der Waals surface area contributed by atoms with Gasteiger partial charge in [-0.2, -0.15) is 0 Å². The van der Waals surface area contributed by atoms with Crippen LogP contribution in [-0.2, 0) is 15.1 Å². The summed E-state index contributed by atoms with van der Waals surface area (Å²) in [5, 5.41) is 0. The lowest BCUT2D eigenvalue weighted by molar-refractivity contribution is -0.138. The van der Waals surface area contributed by atoms with Gasteiger partial charge in [-0.1, -0.05) is 30.3 Å². The average Bonchev–Trinajstić information content (AvgIpc) is 2.63. The minimum absolute atomic E-state index is 0.0420. The van der Waals surface area contributed by atoms with E-state index >= 15 is 0 Å². The summed E-state index contributed by atoms with van der Waals surface area (Å²) in [5.74, 6) is 0.577. The summed E-state index contributed by atoms with van der Waals surface area (Å²) in [6.07, 6.45) is 2.25. The van der Waals surface area contributed by atoms with Gasteiger partial charge in [0.25, 0.3) is 0 Å². The first kappa shape index (κ1) is 17.4. The molecule has 0 aliphatic carbocycles. The van der Waals surface area contributed by atoms with Gasteiger partial charge in [-0.3, -0.25) is 9.69 Å². The van der Waals surface area contributed by atoms with E-state index in [0.717, 1.165) is 57.9 Å². The van der Waals surface area contributed by atoms with Gasteiger partial charge in [0.1, 0.15) is 5.54 Å². The molecule has 0 aromatic heterocycles. The molecular weight excluding hydrogens is 302 g/mol. The van der Waals surface area contributed by atoms with Crippen LogP contribution in [0.25, 0.3) is 0 Å². The monoisotopic (exact) mass is 331 g/mol. The number of likely N-dealkylation sites (tertiary alicyclic amines) is 1. The van der Waals surface area contributed by atoms with Gasteiger partial charge < -0.3 is 15.4 Å². The summed E-state index contributed by atoms with van der Waals surface area (Å²) in [6, 6.07) is 9.69. The highest BCUT2D eigenvalue weighted by molar-refractivity contribution is 5.87. The zero-order valence-electron chi connectivity index (χ0n) is 14.6. The zero-order chi connectivity index (χ0) is 17.0. The highest BCUT2D eigenvalue weighted by Gasteiger charge is 2.36. The molecule has 0 radical (unpaired) electrons. The summed E-state index contributed by atoms with van der Waals surface area (Å²) < 4.78 is 5.42. The molecule has 2 atom stereocenters. The van der Waals surface area contributed by atoms with Crippen molar-refractivity contribution < 1.29 is 9.53 Å². The normalized spacial score (nSPS) is 25.2. The maximum atomic E-state index is 13.0. The second-order valence-electron chi connectivity index (χ2n) is 7.24.